The first kappa shape index (κ1) is 20.0. The molecule has 1 N–H and O–H groups in total. The van der Waals surface area contributed by atoms with Crippen molar-refractivity contribution in [3.8, 4) is 0 Å². The van der Waals surface area contributed by atoms with E-state index in [0.717, 1.165) is 25.1 Å². The minimum Gasteiger partial charge on any atom is -0.444 e. The maximum Gasteiger partial charge on any atom is 0.410 e. The highest BCUT2D eigenvalue weighted by Gasteiger charge is 2.24. The van der Waals surface area contributed by atoms with Crippen LogP contribution in [0.5, 0.6) is 0 Å². The van der Waals surface area contributed by atoms with Crippen LogP contribution in [0.1, 0.15) is 33.6 Å². The van der Waals surface area contributed by atoms with Crippen LogP contribution >= 0.6 is 0 Å². The van der Waals surface area contributed by atoms with Gasteiger partial charge in [-0.1, -0.05) is 6.07 Å². The molecular formula is C19H28FN3O3. The Bertz CT molecular complexity index is 645. The normalized spacial score (nSPS) is 17.6. The molecule has 1 atom stereocenters. The van der Waals surface area contributed by atoms with E-state index in [1.165, 1.54) is 24.1 Å². The van der Waals surface area contributed by atoms with Gasteiger partial charge in [-0.3, -0.25) is 4.79 Å². The van der Waals surface area contributed by atoms with Crippen LogP contribution in [-0.2, 0) is 9.53 Å². The number of hydrogen-bond donors (Lipinski definition) is 1. The largest absolute Gasteiger partial charge is 0.444 e. The number of amides is 2. The Labute approximate surface area is 154 Å². The van der Waals surface area contributed by atoms with Crippen LogP contribution in [0.25, 0.3) is 0 Å². The van der Waals surface area contributed by atoms with E-state index in [1.54, 1.807) is 26.8 Å². The Morgan fingerprint density at radius 2 is 2.12 bits per heavy atom. The molecule has 144 valence electrons. The van der Waals surface area contributed by atoms with Crippen molar-refractivity contribution in [1.29, 1.82) is 0 Å². The van der Waals surface area contributed by atoms with Gasteiger partial charge in [-0.05, 0) is 51.8 Å². The Kier molecular flexibility index (Phi) is 6.45. The summed E-state index contributed by atoms with van der Waals surface area (Å²) < 4.78 is 18.7. The van der Waals surface area contributed by atoms with Crippen molar-refractivity contribution in [3.05, 3.63) is 30.1 Å². The minimum absolute atomic E-state index is 0.0356. The van der Waals surface area contributed by atoms with Gasteiger partial charge < -0.3 is 19.9 Å². The molecule has 1 saturated heterocycles. The van der Waals surface area contributed by atoms with E-state index < -0.39 is 11.7 Å². The van der Waals surface area contributed by atoms with Crippen molar-refractivity contribution in [2.24, 2.45) is 0 Å². The summed E-state index contributed by atoms with van der Waals surface area (Å²) in [7, 11) is 1.54. The van der Waals surface area contributed by atoms with E-state index in [9.17, 15) is 14.0 Å². The zero-order valence-electron chi connectivity index (χ0n) is 15.9. The van der Waals surface area contributed by atoms with E-state index in [1.807, 2.05) is 6.07 Å². The van der Waals surface area contributed by atoms with Crippen LogP contribution in [-0.4, -0.2) is 55.2 Å². The summed E-state index contributed by atoms with van der Waals surface area (Å²) in [6.45, 7) is 6.72. The van der Waals surface area contributed by atoms with Crippen molar-refractivity contribution < 1.29 is 18.7 Å². The molecule has 0 aliphatic carbocycles. The number of anilines is 1. The van der Waals surface area contributed by atoms with E-state index in [4.69, 9.17) is 4.74 Å². The molecule has 1 aromatic rings. The molecule has 0 radical (unpaired) electrons. The fraction of sp³-hybridized carbons (Fsp3) is 0.579. The first-order chi connectivity index (χ1) is 12.1. The quantitative estimate of drug-likeness (QED) is 0.891. The second-order valence-corrected chi connectivity index (χ2v) is 7.67. The first-order valence-electron chi connectivity index (χ1n) is 8.88. The average Bonchev–Trinajstić information content (AvgIpc) is 2.53. The van der Waals surface area contributed by atoms with Crippen molar-refractivity contribution in [1.82, 2.24) is 10.2 Å². The molecule has 1 heterocycles. The Morgan fingerprint density at radius 3 is 2.77 bits per heavy atom. The number of ether oxygens (including phenoxy) is 1. The van der Waals surface area contributed by atoms with Gasteiger partial charge in [0.1, 0.15) is 18.0 Å². The third-order valence-corrected chi connectivity index (χ3v) is 4.05. The minimum atomic E-state index is -0.601. The molecule has 0 unspecified atom stereocenters. The van der Waals surface area contributed by atoms with Crippen molar-refractivity contribution in [2.75, 3.05) is 31.6 Å². The van der Waals surface area contributed by atoms with Gasteiger partial charge in [-0.25, -0.2) is 9.18 Å². The summed E-state index contributed by atoms with van der Waals surface area (Å²) in [5.41, 5.74) is 0.214. The Hall–Kier alpha value is -2.31. The van der Waals surface area contributed by atoms with Crippen LogP contribution < -0.4 is 10.2 Å². The van der Waals surface area contributed by atoms with Gasteiger partial charge in [0.05, 0.1) is 0 Å². The molecule has 1 aliphatic heterocycles. The molecule has 2 amide bonds. The number of rotatable bonds is 4. The molecule has 26 heavy (non-hydrogen) atoms. The van der Waals surface area contributed by atoms with Crippen molar-refractivity contribution in [2.45, 2.75) is 45.3 Å². The Balaban J connectivity index is 1.85. The Morgan fingerprint density at radius 1 is 1.38 bits per heavy atom. The number of hydrogen-bond acceptors (Lipinski definition) is 4. The highest BCUT2D eigenvalue weighted by atomic mass is 19.1. The highest BCUT2D eigenvalue weighted by Crippen LogP contribution is 2.20. The van der Waals surface area contributed by atoms with Crippen LogP contribution in [0.3, 0.4) is 0 Å². The monoisotopic (exact) mass is 365 g/mol. The lowest BCUT2D eigenvalue weighted by atomic mass is 10.0. The molecule has 0 spiro atoms. The van der Waals surface area contributed by atoms with E-state index in [-0.39, 0.29) is 24.3 Å². The van der Waals surface area contributed by atoms with Gasteiger partial charge >= 0.3 is 6.09 Å². The summed E-state index contributed by atoms with van der Waals surface area (Å²) in [6.07, 6.45) is 1.23. The number of piperidine rings is 1. The standard InChI is InChI=1S/C19H28FN3O3/c1-19(2,3)26-18(25)22(4)13-17(24)21-15-8-6-10-23(12-15)16-9-5-7-14(20)11-16/h5,7,9,11,15H,6,8,10,12-13H2,1-4H3,(H,21,24)/t15-/m0/s1. The zero-order chi connectivity index (χ0) is 19.3. The number of nitrogens with one attached hydrogen (secondary N) is 1. The lowest BCUT2D eigenvalue weighted by Gasteiger charge is -2.35. The lowest BCUT2D eigenvalue weighted by Crippen LogP contribution is -2.50. The number of nitrogens with zero attached hydrogens (tertiary/aromatic N) is 2. The van der Waals surface area contributed by atoms with Gasteiger partial charge in [0, 0.05) is 31.9 Å². The highest BCUT2D eigenvalue weighted by molar-refractivity contribution is 5.82. The summed E-state index contributed by atoms with van der Waals surface area (Å²) in [6, 6.07) is 6.43. The lowest BCUT2D eigenvalue weighted by molar-refractivity contribution is -0.122. The number of likely N-dealkylation sites (N-methyl/N-ethyl adjacent to an activating group) is 1. The second-order valence-electron chi connectivity index (χ2n) is 7.67. The van der Waals surface area contributed by atoms with Gasteiger partial charge in [0.15, 0.2) is 0 Å². The predicted molar refractivity (Wildman–Crippen MR) is 98.6 cm³/mol. The van der Waals surface area contributed by atoms with Crippen molar-refractivity contribution in [3.63, 3.8) is 0 Å². The van der Waals surface area contributed by atoms with E-state index in [0.29, 0.717) is 6.54 Å². The van der Waals surface area contributed by atoms with Gasteiger partial charge in [0.2, 0.25) is 5.91 Å². The molecule has 7 heteroatoms. The van der Waals surface area contributed by atoms with E-state index in [2.05, 4.69) is 10.2 Å². The number of benzene rings is 1. The fourth-order valence-corrected chi connectivity index (χ4v) is 2.90. The topological polar surface area (TPSA) is 61.9 Å². The fourth-order valence-electron chi connectivity index (χ4n) is 2.90. The maximum absolute atomic E-state index is 13.4. The molecule has 1 aromatic carbocycles. The van der Waals surface area contributed by atoms with Crippen LogP contribution in [0.2, 0.25) is 0 Å². The summed E-state index contributed by atoms with van der Waals surface area (Å²) >= 11 is 0. The van der Waals surface area contributed by atoms with Gasteiger partial charge in [-0.15, -0.1) is 0 Å². The average molecular weight is 365 g/mol. The molecular weight excluding hydrogens is 337 g/mol. The molecule has 0 bridgehead atoms. The number of halogens is 1. The molecule has 0 aromatic heterocycles. The summed E-state index contributed by atoms with van der Waals surface area (Å²) in [4.78, 5) is 27.5. The molecule has 2 rings (SSSR count). The summed E-state index contributed by atoms with van der Waals surface area (Å²) in [5.74, 6) is -0.503. The molecule has 6 nitrogen and oxygen atoms in total. The van der Waals surface area contributed by atoms with Crippen LogP contribution in [0.4, 0.5) is 14.9 Å². The number of carbonyl (C=O) groups is 2. The van der Waals surface area contributed by atoms with Gasteiger partial charge in [0.25, 0.3) is 0 Å². The maximum atomic E-state index is 13.4. The van der Waals surface area contributed by atoms with Crippen LogP contribution in [0, 0.1) is 5.82 Å². The predicted octanol–water partition coefficient (Wildman–Crippen LogP) is 2.78. The molecule has 0 saturated carbocycles. The third-order valence-electron chi connectivity index (χ3n) is 4.05. The van der Waals surface area contributed by atoms with Crippen LogP contribution in [0.15, 0.2) is 24.3 Å². The molecule has 1 fully saturated rings. The SMILES string of the molecule is CN(CC(=O)N[C@H]1CCCN(c2cccc(F)c2)C1)C(=O)OC(C)(C)C. The van der Waals surface area contributed by atoms with Gasteiger partial charge in [-0.2, -0.15) is 0 Å². The van der Waals surface area contributed by atoms with Crippen molar-refractivity contribution >= 4 is 17.7 Å². The molecule has 1 aliphatic rings. The van der Waals surface area contributed by atoms with E-state index >= 15 is 0 Å². The second kappa shape index (κ2) is 8.38. The smallest absolute Gasteiger partial charge is 0.410 e. The first-order valence-corrected chi connectivity index (χ1v) is 8.88. The number of carbonyl (C=O) groups excluding carboxylic acids is 2. The zero-order valence-corrected chi connectivity index (χ0v) is 15.9. The third kappa shape index (κ3) is 6.20. The summed E-state index contributed by atoms with van der Waals surface area (Å²) in [5, 5.41) is 2.96.